The molecule has 0 fully saturated rings. The van der Waals surface area contributed by atoms with Gasteiger partial charge in [0.1, 0.15) is 17.5 Å². The first-order chi connectivity index (χ1) is 15.0. The predicted octanol–water partition coefficient (Wildman–Crippen LogP) is 4.00. The quantitative estimate of drug-likeness (QED) is 0.467. The van der Waals surface area contributed by atoms with Crippen LogP contribution in [0, 0.1) is 0 Å². The SMILES string of the molecule is COc1ccc(NC(=O)C(Nc2ccc(OCC(N)=O)cc2)c2ccccc2)cc1Cl. The van der Waals surface area contributed by atoms with Crippen LogP contribution in [0.2, 0.25) is 5.02 Å². The van der Waals surface area contributed by atoms with Crippen molar-refractivity contribution in [1.82, 2.24) is 0 Å². The maximum Gasteiger partial charge on any atom is 0.255 e. The number of benzene rings is 3. The van der Waals surface area contributed by atoms with Crippen molar-refractivity contribution in [1.29, 1.82) is 0 Å². The first-order valence-electron chi connectivity index (χ1n) is 9.43. The smallest absolute Gasteiger partial charge is 0.255 e. The molecule has 7 nitrogen and oxygen atoms in total. The Morgan fingerprint density at radius 1 is 1.00 bits per heavy atom. The summed E-state index contributed by atoms with van der Waals surface area (Å²) in [6, 6.07) is 20.6. The van der Waals surface area contributed by atoms with Gasteiger partial charge in [-0.15, -0.1) is 0 Å². The summed E-state index contributed by atoms with van der Waals surface area (Å²) in [6.45, 7) is -0.202. The van der Waals surface area contributed by atoms with Crippen LogP contribution in [0.3, 0.4) is 0 Å². The monoisotopic (exact) mass is 439 g/mol. The minimum Gasteiger partial charge on any atom is -0.495 e. The van der Waals surface area contributed by atoms with Crippen LogP contribution in [-0.2, 0) is 9.59 Å². The molecule has 0 bridgehead atoms. The Morgan fingerprint density at radius 2 is 1.68 bits per heavy atom. The van der Waals surface area contributed by atoms with Gasteiger partial charge in [0.15, 0.2) is 6.61 Å². The molecule has 0 saturated carbocycles. The summed E-state index contributed by atoms with van der Waals surface area (Å²) >= 11 is 6.17. The average Bonchev–Trinajstić information content (AvgIpc) is 2.77. The van der Waals surface area contributed by atoms with E-state index >= 15 is 0 Å². The molecule has 3 aromatic carbocycles. The lowest BCUT2D eigenvalue weighted by Crippen LogP contribution is -2.27. The molecule has 2 amide bonds. The number of amides is 2. The van der Waals surface area contributed by atoms with E-state index in [9.17, 15) is 9.59 Å². The number of nitrogens with one attached hydrogen (secondary N) is 2. The molecule has 1 unspecified atom stereocenters. The summed E-state index contributed by atoms with van der Waals surface area (Å²) in [4.78, 5) is 24.0. The Kier molecular flexibility index (Phi) is 7.35. The molecule has 160 valence electrons. The van der Waals surface area contributed by atoms with Crippen molar-refractivity contribution in [3.05, 3.63) is 83.4 Å². The maximum atomic E-state index is 13.1. The van der Waals surface area contributed by atoms with E-state index in [2.05, 4.69) is 10.6 Å². The Bertz CT molecular complexity index is 1040. The Balaban J connectivity index is 1.78. The van der Waals surface area contributed by atoms with Crippen molar-refractivity contribution < 1.29 is 19.1 Å². The van der Waals surface area contributed by atoms with Gasteiger partial charge in [-0.2, -0.15) is 0 Å². The van der Waals surface area contributed by atoms with Gasteiger partial charge in [-0.05, 0) is 48.0 Å². The van der Waals surface area contributed by atoms with Gasteiger partial charge in [0, 0.05) is 11.4 Å². The van der Waals surface area contributed by atoms with E-state index in [-0.39, 0.29) is 12.5 Å². The highest BCUT2D eigenvalue weighted by atomic mass is 35.5. The molecule has 0 saturated heterocycles. The van der Waals surface area contributed by atoms with Gasteiger partial charge in [-0.3, -0.25) is 9.59 Å². The van der Waals surface area contributed by atoms with Crippen molar-refractivity contribution in [3.63, 3.8) is 0 Å². The van der Waals surface area contributed by atoms with Crippen molar-refractivity contribution in [2.75, 3.05) is 24.4 Å². The summed E-state index contributed by atoms with van der Waals surface area (Å²) in [7, 11) is 1.53. The van der Waals surface area contributed by atoms with Crippen LogP contribution in [0.25, 0.3) is 0 Å². The molecule has 31 heavy (non-hydrogen) atoms. The third-order valence-corrected chi connectivity index (χ3v) is 4.66. The highest BCUT2D eigenvalue weighted by molar-refractivity contribution is 6.32. The number of rotatable bonds is 9. The molecule has 3 rings (SSSR count). The summed E-state index contributed by atoms with van der Waals surface area (Å²) in [5, 5.41) is 6.51. The number of carbonyl (C=O) groups excluding carboxylic acids is 2. The minimum absolute atomic E-state index is 0.202. The Labute approximate surface area is 185 Å². The number of anilines is 2. The number of primary amides is 1. The van der Waals surface area contributed by atoms with Gasteiger partial charge in [-0.25, -0.2) is 0 Å². The lowest BCUT2D eigenvalue weighted by molar-refractivity contribution is -0.120. The number of methoxy groups -OCH3 is 1. The number of carbonyl (C=O) groups is 2. The topological polar surface area (TPSA) is 103 Å². The lowest BCUT2D eigenvalue weighted by Gasteiger charge is -2.20. The van der Waals surface area contributed by atoms with Crippen LogP contribution in [-0.4, -0.2) is 25.5 Å². The van der Waals surface area contributed by atoms with E-state index in [1.165, 1.54) is 7.11 Å². The molecule has 0 aliphatic rings. The van der Waals surface area contributed by atoms with Crippen LogP contribution < -0.4 is 25.8 Å². The zero-order valence-electron chi connectivity index (χ0n) is 16.8. The highest BCUT2D eigenvalue weighted by Gasteiger charge is 2.21. The first kappa shape index (κ1) is 22.0. The molecular formula is C23H22ClN3O4. The third kappa shape index (κ3) is 6.13. The number of nitrogens with two attached hydrogens (primary N) is 1. The molecule has 1 atom stereocenters. The summed E-state index contributed by atoms with van der Waals surface area (Å²) in [6.07, 6.45) is 0. The molecule has 4 N–H and O–H groups in total. The second-order valence-electron chi connectivity index (χ2n) is 6.61. The van der Waals surface area contributed by atoms with Crippen molar-refractivity contribution >= 4 is 34.8 Å². The number of hydrogen-bond donors (Lipinski definition) is 3. The van der Waals surface area contributed by atoms with Crippen molar-refractivity contribution in [2.45, 2.75) is 6.04 Å². The normalized spacial score (nSPS) is 11.3. The number of ether oxygens (including phenoxy) is 2. The number of halogens is 1. The van der Waals surface area contributed by atoms with Gasteiger partial charge in [-0.1, -0.05) is 41.9 Å². The largest absolute Gasteiger partial charge is 0.495 e. The Hall–Kier alpha value is -3.71. The van der Waals surface area contributed by atoms with Crippen LogP contribution in [0.4, 0.5) is 11.4 Å². The molecule has 0 radical (unpaired) electrons. The van der Waals surface area contributed by atoms with E-state index in [0.717, 1.165) is 5.56 Å². The van der Waals surface area contributed by atoms with Crippen LogP contribution in [0.15, 0.2) is 72.8 Å². The van der Waals surface area contributed by atoms with Gasteiger partial charge >= 0.3 is 0 Å². The molecule has 0 aliphatic carbocycles. The van der Waals surface area contributed by atoms with Gasteiger partial charge < -0.3 is 25.8 Å². The standard InChI is InChI=1S/C23H22ClN3O4/c1-30-20-12-9-17(13-19(20)24)27-23(29)22(15-5-3-2-4-6-15)26-16-7-10-18(11-8-16)31-14-21(25)28/h2-13,22,26H,14H2,1H3,(H2,25,28)(H,27,29). The molecule has 3 aromatic rings. The van der Waals surface area contributed by atoms with E-state index in [0.29, 0.717) is 27.9 Å². The van der Waals surface area contributed by atoms with Crippen molar-refractivity contribution in [2.24, 2.45) is 5.73 Å². The van der Waals surface area contributed by atoms with Crippen molar-refractivity contribution in [3.8, 4) is 11.5 Å². The molecule has 8 heteroatoms. The molecule has 0 aliphatic heterocycles. The van der Waals surface area contributed by atoms with Gasteiger partial charge in [0.2, 0.25) is 0 Å². The Morgan fingerprint density at radius 3 is 2.29 bits per heavy atom. The molecule has 0 heterocycles. The summed E-state index contributed by atoms with van der Waals surface area (Å²) in [5.41, 5.74) is 7.12. The van der Waals surface area contributed by atoms with E-state index in [4.69, 9.17) is 26.8 Å². The minimum atomic E-state index is -0.667. The van der Waals surface area contributed by atoms with Crippen LogP contribution in [0.5, 0.6) is 11.5 Å². The zero-order chi connectivity index (χ0) is 22.2. The van der Waals surface area contributed by atoms with Crippen LogP contribution >= 0.6 is 11.6 Å². The lowest BCUT2D eigenvalue weighted by atomic mass is 10.1. The van der Waals surface area contributed by atoms with E-state index in [1.807, 2.05) is 30.3 Å². The molecule has 0 spiro atoms. The molecule has 0 aromatic heterocycles. The summed E-state index contributed by atoms with van der Waals surface area (Å²) in [5.74, 6) is 0.206. The highest BCUT2D eigenvalue weighted by Crippen LogP contribution is 2.28. The fraction of sp³-hybridized carbons (Fsp3) is 0.130. The zero-order valence-corrected chi connectivity index (χ0v) is 17.6. The van der Waals surface area contributed by atoms with Crippen LogP contribution in [0.1, 0.15) is 11.6 Å². The second kappa shape index (κ2) is 10.4. The fourth-order valence-electron chi connectivity index (χ4n) is 2.87. The maximum absolute atomic E-state index is 13.1. The van der Waals surface area contributed by atoms with Gasteiger partial charge in [0.05, 0.1) is 12.1 Å². The fourth-order valence-corrected chi connectivity index (χ4v) is 3.13. The molecular weight excluding hydrogens is 418 g/mol. The number of hydrogen-bond acceptors (Lipinski definition) is 5. The van der Waals surface area contributed by atoms with Gasteiger partial charge in [0.25, 0.3) is 11.8 Å². The second-order valence-corrected chi connectivity index (χ2v) is 7.01. The summed E-state index contributed by atoms with van der Waals surface area (Å²) < 4.78 is 10.4. The van der Waals surface area contributed by atoms with E-state index < -0.39 is 11.9 Å². The van der Waals surface area contributed by atoms with E-state index in [1.54, 1.807) is 42.5 Å². The third-order valence-electron chi connectivity index (χ3n) is 4.36. The first-order valence-corrected chi connectivity index (χ1v) is 9.81. The average molecular weight is 440 g/mol. The predicted molar refractivity (Wildman–Crippen MR) is 121 cm³/mol.